The Labute approximate surface area is 205 Å². The number of alkyl halides is 3. The summed E-state index contributed by atoms with van der Waals surface area (Å²) in [5.41, 5.74) is 7.62. The van der Waals surface area contributed by atoms with Crippen molar-refractivity contribution in [1.82, 2.24) is 5.43 Å². The van der Waals surface area contributed by atoms with Crippen LogP contribution in [-0.4, -0.2) is 12.6 Å². The quantitative estimate of drug-likeness (QED) is 0.200. The lowest BCUT2D eigenvalue weighted by molar-refractivity contribution is -0.139. The molecule has 0 heterocycles. The predicted molar refractivity (Wildman–Crippen MR) is 129 cm³/mol. The SMILES string of the molecule is Cc1ccc(/C=C/C(c2cc(Cl)cc(Cl)c2)C(F)(F)F)cc1C.O=CNNc1ccccc1F. The molecule has 0 bridgehead atoms. The molecular formula is C25H22Cl2F4N2O. The molecule has 3 aromatic rings. The minimum Gasteiger partial charge on any atom is -0.296 e. The molecule has 0 aliphatic carbocycles. The standard InChI is InChI=1S/C18H15Cl2F3.C7H7FN2O/c1-11-3-4-13(7-12(11)2)5-6-17(18(21,22)23)14-8-15(19)10-16(20)9-14;8-6-3-1-2-4-7(6)10-9-5-11/h3-10,17H,1-2H3;1-5,10H,(H,9,11)/b6-5+;. The summed E-state index contributed by atoms with van der Waals surface area (Å²) in [5, 5.41) is 0.364. The van der Waals surface area contributed by atoms with Crippen LogP contribution in [0.5, 0.6) is 0 Å². The number of hydrogen-bond acceptors (Lipinski definition) is 2. The molecule has 180 valence electrons. The van der Waals surface area contributed by atoms with Crippen LogP contribution in [0, 0.1) is 19.7 Å². The number of nitrogens with one attached hydrogen (secondary N) is 2. The molecule has 3 rings (SSSR count). The maximum atomic E-state index is 13.4. The number of hydrogen-bond donors (Lipinski definition) is 2. The minimum absolute atomic E-state index is 0.0232. The van der Waals surface area contributed by atoms with Crippen LogP contribution < -0.4 is 10.9 Å². The molecule has 0 spiro atoms. The summed E-state index contributed by atoms with van der Waals surface area (Å²) in [4.78, 5) is 9.79. The Morgan fingerprint density at radius 3 is 2.12 bits per heavy atom. The number of benzene rings is 3. The van der Waals surface area contributed by atoms with Crippen LogP contribution in [0.2, 0.25) is 10.0 Å². The fourth-order valence-corrected chi connectivity index (χ4v) is 3.45. The van der Waals surface area contributed by atoms with Crippen molar-refractivity contribution < 1.29 is 22.4 Å². The van der Waals surface area contributed by atoms with Gasteiger partial charge in [0, 0.05) is 10.0 Å². The van der Waals surface area contributed by atoms with Crippen molar-refractivity contribution in [2.24, 2.45) is 0 Å². The third-order valence-electron chi connectivity index (χ3n) is 4.75. The zero-order chi connectivity index (χ0) is 25.3. The number of aryl methyl sites for hydroxylation is 2. The van der Waals surface area contributed by atoms with E-state index in [-0.39, 0.29) is 21.3 Å². The summed E-state index contributed by atoms with van der Waals surface area (Å²) in [6, 6.07) is 15.6. The number of halogens is 6. The predicted octanol–water partition coefficient (Wildman–Crippen LogP) is 7.87. The van der Waals surface area contributed by atoms with Gasteiger partial charge in [0.15, 0.2) is 0 Å². The van der Waals surface area contributed by atoms with E-state index < -0.39 is 17.9 Å². The van der Waals surface area contributed by atoms with Crippen molar-refractivity contribution in [3.8, 4) is 0 Å². The van der Waals surface area contributed by atoms with Crippen LogP contribution in [0.15, 0.2) is 66.7 Å². The highest BCUT2D eigenvalue weighted by Crippen LogP contribution is 2.38. The lowest BCUT2D eigenvalue weighted by Gasteiger charge is -2.18. The van der Waals surface area contributed by atoms with Crippen molar-refractivity contribution in [3.05, 3.63) is 105 Å². The van der Waals surface area contributed by atoms with Crippen LogP contribution in [0.25, 0.3) is 6.08 Å². The van der Waals surface area contributed by atoms with Gasteiger partial charge in [0.05, 0.1) is 11.6 Å². The molecule has 34 heavy (non-hydrogen) atoms. The summed E-state index contributed by atoms with van der Waals surface area (Å²) < 4.78 is 52.8. The highest BCUT2D eigenvalue weighted by molar-refractivity contribution is 6.34. The van der Waals surface area contributed by atoms with E-state index in [1.165, 1.54) is 36.4 Å². The molecule has 2 N–H and O–H groups in total. The van der Waals surface area contributed by atoms with E-state index in [4.69, 9.17) is 23.2 Å². The second-order valence-corrected chi connectivity index (χ2v) is 8.16. The summed E-state index contributed by atoms with van der Waals surface area (Å²) in [6.45, 7) is 3.87. The highest BCUT2D eigenvalue weighted by Gasteiger charge is 2.39. The highest BCUT2D eigenvalue weighted by atomic mass is 35.5. The van der Waals surface area contributed by atoms with Crippen molar-refractivity contribution >= 4 is 41.4 Å². The van der Waals surface area contributed by atoms with Gasteiger partial charge in [0.1, 0.15) is 5.82 Å². The number of amides is 1. The van der Waals surface area contributed by atoms with Crippen LogP contribution >= 0.6 is 23.2 Å². The fourth-order valence-electron chi connectivity index (χ4n) is 2.91. The van der Waals surface area contributed by atoms with Gasteiger partial charge in [-0.2, -0.15) is 13.2 Å². The molecule has 3 nitrogen and oxygen atoms in total. The summed E-state index contributed by atoms with van der Waals surface area (Å²) in [7, 11) is 0. The Bertz CT molecular complexity index is 1130. The number of hydrazine groups is 1. The first-order valence-corrected chi connectivity index (χ1v) is 10.7. The zero-order valence-corrected chi connectivity index (χ0v) is 19.8. The Kier molecular flexibility index (Phi) is 9.96. The van der Waals surface area contributed by atoms with Gasteiger partial charge < -0.3 is 0 Å². The molecule has 9 heteroatoms. The van der Waals surface area contributed by atoms with Gasteiger partial charge in [-0.15, -0.1) is 0 Å². The Morgan fingerprint density at radius 1 is 0.912 bits per heavy atom. The number of allylic oxidation sites excluding steroid dienone is 1. The van der Waals surface area contributed by atoms with Gasteiger partial charge in [0.25, 0.3) is 0 Å². The Balaban J connectivity index is 0.000000310. The third-order valence-corrected chi connectivity index (χ3v) is 5.18. The van der Waals surface area contributed by atoms with E-state index in [1.807, 2.05) is 26.0 Å². The largest absolute Gasteiger partial charge is 0.399 e. The molecule has 0 saturated heterocycles. The van der Waals surface area contributed by atoms with Gasteiger partial charge in [-0.05, 0) is 66.4 Å². The van der Waals surface area contributed by atoms with Gasteiger partial charge in [-0.25, -0.2) is 4.39 Å². The summed E-state index contributed by atoms with van der Waals surface area (Å²) in [6.07, 6.45) is -1.39. The maximum Gasteiger partial charge on any atom is 0.399 e. The summed E-state index contributed by atoms with van der Waals surface area (Å²) in [5.74, 6) is -2.16. The van der Waals surface area contributed by atoms with E-state index in [0.717, 1.165) is 22.8 Å². The lowest BCUT2D eigenvalue weighted by Crippen LogP contribution is -2.19. The van der Waals surface area contributed by atoms with Gasteiger partial charge >= 0.3 is 6.18 Å². The van der Waals surface area contributed by atoms with E-state index in [2.05, 4.69) is 10.9 Å². The second kappa shape index (κ2) is 12.4. The minimum atomic E-state index is -4.43. The molecular weight excluding hydrogens is 491 g/mol. The lowest BCUT2D eigenvalue weighted by atomic mass is 9.96. The average Bonchev–Trinajstić information content (AvgIpc) is 2.75. The number of carbonyl (C=O) groups excluding carboxylic acids is 1. The number of carbonyl (C=O) groups is 1. The average molecular weight is 513 g/mol. The monoisotopic (exact) mass is 512 g/mol. The van der Waals surface area contributed by atoms with Crippen LogP contribution in [0.4, 0.5) is 23.2 Å². The third kappa shape index (κ3) is 8.39. The molecule has 0 aliphatic heterocycles. The number of anilines is 1. The molecule has 0 fully saturated rings. The first-order chi connectivity index (χ1) is 16.0. The second-order valence-electron chi connectivity index (χ2n) is 7.29. The molecule has 0 aromatic heterocycles. The molecule has 3 aromatic carbocycles. The van der Waals surface area contributed by atoms with E-state index in [9.17, 15) is 22.4 Å². The van der Waals surface area contributed by atoms with E-state index >= 15 is 0 Å². The Morgan fingerprint density at radius 2 is 1.56 bits per heavy atom. The van der Waals surface area contributed by atoms with E-state index in [0.29, 0.717) is 6.41 Å². The van der Waals surface area contributed by atoms with Crippen LogP contribution in [0.1, 0.15) is 28.2 Å². The van der Waals surface area contributed by atoms with Gasteiger partial charge in [0.2, 0.25) is 6.41 Å². The smallest absolute Gasteiger partial charge is 0.296 e. The molecule has 0 saturated carbocycles. The maximum absolute atomic E-state index is 13.4. The molecule has 1 atom stereocenters. The first-order valence-electron chi connectivity index (χ1n) is 9.99. The van der Waals surface area contributed by atoms with Crippen molar-refractivity contribution in [2.75, 3.05) is 5.43 Å². The normalized spacial score (nSPS) is 12.0. The van der Waals surface area contributed by atoms with Gasteiger partial charge in [-0.3, -0.25) is 15.6 Å². The fraction of sp³-hybridized carbons (Fsp3) is 0.160. The van der Waals surface area contributed by atoms with Gasteiger partial charge in [-0.1, -0.05) is 65.7 Å². The van der Waals surface area contributed by atoms with Crippen molar-refractivity contribution in [2.45, 2.75) is 25.9 Å². The molecule has 1 amide bonds. The molecule has 0 aliphatic rings. The van der Waals surface area contributed by atoms with E-state index in [1.54, 1.807) is 18.2 Å². The van der Waals surface area contributed by atoms with Crippen LogP contribution in [0.3, 0.4) is 0 Å². The molecule has 0 radical (unpaired) electrons. The topological polar surface area (TPSA) is 41.1 Å². The zero-order valence-electron chi connectivity index (χ0n) is 18.3. The number of para-hydroxylation sites is 1. The first kappa shape index (κ1) is 27.2. The van der Waals surface area contributed by atoms with Crippen molar-refractivity contribution in [1.29, 1.82) is 0 Å². The summed E-state index contributed by atoms with van der Waals surface area (Å²) >= 11 is 11.6. The number of rotatable bonds is 6. The van der Waals surface area contributed by atoms with Crippen LogP contribution in [-0.2, 0) is 4.79 Å². The molecule has 1 unspecified atom stereocenters. The Hall–Kier alpha value is -3.03. The van der Waals surface area contributed by atoms with Crippen molar-refractivity contribution in [3.63, 3.8) is 0 Å².